The maximum Gasteiger partial charge on any atom is 0.262 e. The van der Waals surface area contributed by atoms with E-state index in [1.165, 1.54) is 0 Å². The van der Waals surface area contributed by atoms with Crippen molar-refractivity contribution in [3.05, 3.63) is 53.6 Å². The molecule has 1 saturated carbocycles. The number of nitrogens with one attached hydrogen (secondary N) is 3. The first-order valence-electron chi connectivity index (χ1n) is 8.83. The van der Waals surface area contributed by atoms with Gasteiger partial charge >= 0.3 is 0 Å². The van der Waals surface area contributed by atoms with Gasteiger partial charge in [-0.2, -0.15) is 0 Å². The van der Waals surface area contributed by atoms with Gasteiger partial charge < -0.3 is 20.7 Å². The third-order valence-electron chi connectivity index (χ3n) is 4.40. The molecule has 0 radical (unpaired) electrons. The van der Waals surface area contributed by atoms with Crippen molar-refractivity contribution in [3.8, 4) is 5.75 Å². The minimum Gasteiger partial charge on any atom is -0.482 e. The van der Waals surface area contributed by atoms with Gasteiger partial charge in [-0.3, -0.25) is 14.4 Å². The average Bonchev–Trinajstić information content (AvgIpc) is 3.46. The van der Waals surface area contributed by atoms with Crippen molar-refractivity contribution < 1.29 is 19.1 Å². The van der Waals surface area contributed by atoms with Crippen molar-refractivity contribution in [3.63, 3.8) is 0 Å². The maximum atomic E-state index is 12.4. The lowest BCUT2D eigenvalue weighted by Gasteiger charge is -2.18. The van der Waals surface area contributed by atoms with Gasteiger partial charge in [-0.15, -0.1) is 0 Å². The number of anilines is 2. The van der Waals surface area contributed by atoms with Crippen LogP contribution in [0, 0.1) is 0 Å². The van der Waals surface area contributed by atoms with Crippen molar-refractivity contribution in [2.24, 2.45) is 0 Å². The lowest BCUT2D eigenvalue weighted by Crippen LogP contribution is -2.26. The molecule has 4 rings (SSSR count). The predicted molar refractivity (Wildman–Crippen MR) is 99.8 cm³/mol. The van der Waals surface area contributed by atoms with Gasteiger partial charge in [-0.1, -0.05) is 12.1 Å². The van der Waals surface area contributed by atoms with E-state index < -0.39 is 0 Å². The van der Waals surface area contributed by atoms with Gasteiger partial charge in [-0.25, -0.2) is 0 Å². The quantitative estimate of drug-likeness (QED) is 0.756. The summed E-state index contributed by atoms with van der Waals surface area (Å²) in [4.78, 5) is 35.6. The lowest BCUT2D eigenvalue weighted by atomic mass is 10.1. The van der Waals surface area contributed by atoms with Crippen molar-refractivity contribution >= 4 is 29.1 Å². The Kier molecular flexibility index (Phi) is 4.50. The molecule has 0 saturated heterocycles. The van der Waals surface area contributed by atoms with E-state index in [0.29, 0.717) is 35.2 Å². The highest BCUT2D eigenvalue weighted by Gasteiger charge is 2.23. The number of hydrogen-bond donors (Lipinski definition) is 3. The molecule has 2 aliphatic rings. The summed E-state index contributed by atoms with van der Waals surface area (Å²) in [7, 11) is 0. The van der Waals surface area contributed by atoms with E-state index in [1.54, 1.807) is 30.3 Å². The molecule has 0 spiro atoms. The van der Waals surface area contributed by atoms with Gasteiger partial charge in [0.25, 0.3) is 11.8 Å². The highest BCUT2D eigenvalue weighted by Crippen LogP contribution is 2.28. The van der Waals surface area contributed by atoms with Crippen LogP contribution >= 0.6 is 0 Å². The van der Waals surface area contributed by atoms with Gasteiger partial charge in [-0.05, 0) is 48.7 Å². The van der Waals surface area contributed by atoms with Crippen LogP contribution in [0.2, 0.25) is 0 Å². The van der Waals surface area contributed by atoms with E-state index in [4.69, 9.17) is 4.74 Å². The Morgan fingerprint density at radius 1 is 1.11 bits per heavy atom. The summed E-state index contributed by atoms with van der Waals surface area (Å²) in [5, 5.41) is 8.45. The molecule has 0 aromatic heterocycles. The molecule has 0 bridgehead atoms. The van der Waals surface area contributed by atoms with Crippen molar-refractivity contribution in [1.82, 2.24) is 5.32 Å². The first-order valence-corrected chi connectivity index (χ1v) is 8.83. The summed E-state index contributed by atoms with van der Waals surface area (Å²) >= 11 is 0. The minimum absolute atomic E-state index is 0.0236. The first-order chi connectivity index (χ1) is 13.1. The number of carbonyl (C=O) groups is 3. The molecule has 7 nitrogen and oxygen atoms in total. The normalized spacial score (nSPS) is 15.2. The molecule has 2 aromatic carbocycles. The Hall–Kier alpha value is -3.35. The molecule has 2 aromatic rings. The van der Waals surface area contributed by atoms with E-state index in [2.05, 4.69) is 16.0 Å². The smallest absolute Gasteiger partial charge is 0.262 e. The topological polar surface area (TPSA) is 96.5 Å². The Labute approximate surface area is 156 Å². The molecular formula is C20H19N3O4. The lowest BCUT2D eigenvalue weighted by molar-refractivity contribution is -0.120. The van der Waals surface area contributed by atoms with Crippen molar-refractivity contribution in [2.45, 2.75) is 25.3 Å². The van der Waals surface area contributed by atoms with Crippen LogP contribution in [0.3, 0.4) is 0 Å². The zero-order valence-electron chi connectivity index (χ0n) is 14.6. The first kappa shape index (κ1) is 17.1. The van der Waals surface area contributed by atoms with Crippen LogP contribution in [0.15, 0.2) is 42.5 Å². The zero-order valence-corrected chi connectivity index (χ0v) is 14.6. The van der Waals surface area contributed by atoms with Crippen LogP contribution in [-0.4, -0.2) is 30.4 Å². The van der Waals surface area contributed by atoms with Crippen molar-refractivity contribution in [1.29, 1.82) is 0 Å². The number of hydrogen-bond acceptors (Lipinski definition) is 4. The third kappa shape index (κ3) is 4.25. The van der Waals surface area contributed by atoms with Gasteiger partial charge in [0.05, 0.1) is 12.1 Å². The molecule has 7 heteroatoms. The third-order valence-corrected chi connectivity index (χ3v) is 4.40. The predicted octanol–water partition coefficient (Wildman–Crippen LogP) is 2.09. The monoisotopic (exact) mass is 365 g/mol. The van der Waals surface area contributed by atoms with Crippen LogP contribution in [0.4, 0.5) is 11.4 Å². The average molecular weight is 365 g/mol. The number of amides is 3. The molecule has 1 heterocycles. The minimum atomic E-state index is -0.280. The van der Waals surface area contributed by atoms with E-state index in [0.717, 1.165) is 18.4 Å². The fourth-order valence-corrected chi connectivity index (χ4v) is 2.82. The largest absolute Gasteiger partial charge is 0.482 e. The Balaban J connectivity index is 1.37. The number of ether oxygens (including phenoxy) is 1. The van der Waals surface area contributed by atoms with Crippen LogP contribution in [0.5, 0.6) is 5.75 Å². The molecular weight excluding hydrogens is 346 g/mol. The molecule has 1 aliphatic carbocycles. The van der Waals surface area contributed by atoms with Gasteiger partial charge in [0.2, 0.25) is 5.91 Å². The Morgan fingerprint density at radius 2 is 1.89 bits per heavy atom. The fourth-order valence-electron chi connectivity index (χ4n) is 2.82. The second kappa shape index (κ2) is 7.11. The van der Waals surface area contributed by atoms with Crippen molar-refractivity contribution in [2.75, 3.05) is 17.2 Å². The van der Waals surface area contributed by atoms with E-state index in [9.17, 15) is 14.4 Å². The fraction of sp³-hybridized carbons (Fsp3) is 0.250. The molecule has 138 valence electrons. The number of rotatable bonds is 5. The number of benzene rings is 2. The molecule has 3 N–H and O–H groups in total. The highest BCUT2D eigenvalue weighted by molar-refractivity contribution is 6.05. The van der Waals surface area contributed by atoms with Crippen LogP contribution < -0.4 is 20.7 Å². The molecule has 0 unspecified atom stereocenters. The summed E-state index contributed by atoms with van der Waals surface area (Å²) in [6, 6.07) is 12.4. The second-order valence-corrected chi connectivity index (χ2v) is 6.72. The molecule has 1 fully saturated rings. The molecule has 0 atom stereocenters. The summed E-state index contributed by atoms with van der Waals surface area (Å²) < 4.78 is 5.33. The molecule has 3 amide bonds. The van der Waals surface area contributed by atoms with Gasteiger partial charge in [0, 0.05) is 17.3 Å². The van der Waals surface area contributed by atoms with E-state index in [-0.39, 0.29) is 24.3 Å². The number of carbonyl (C=O) groups excluding carboxylic acids is 3. The Morgan fingerprint density at radius 3 is 2.63 bits per heavy atom. The Bertz CT molecular complexity index is 904. The van der Waals surface area contributed by atoms with Crippen LogP contribution in [0.1, 0.15) is 28.8 Å². The van der Waals surface area contributed by atoms with E-state index in [1.807, 2.05) is 12.1 Å². The summed E-state index contributed by atoms with van der Waals surface area (Å²) in [5.41, 5.74) is 2.51. The SMILES string of the molecule is O=C1COc2cc(C(=O)Nc3ccc(CC(=O)NC4CC4)cc3)ccc2N1. The zero-order chi connectivity index (χ0) is 18.8. The summed E-state index contributed by atoms with van der Waals surface area (Å²) in [6.45, 7) is -0.0616. The van der Waals surface area contributed by atoms with Crippen LogP contribution in [0.25, 0.3) is 0 Å². The standard InChI is InChI=1S/C20H19N3O4/c24-18(21-14-6-7-14)9-12-1-4-15(5-2-12)22-20(26)13-3-8-16-17(10-13)27-11-19(25)23-16/h1-5,8,10,14H,6-7,9,11H2,(H,21,24)(H,22,26)(H,23,25). The second-order valence-electron chi connectivity index (χ2n) is 6.72. The van der Waals surface area contributed by atoms with Gasteiger partial charge in [0.15, 0.2) is 6.61 Å². The summed E-state index contributed by atoms with van der Waals surface area (Å²) in [5.74, 6) is -0.00200. The molecule has 1 aliphatic heterocycles. The maximum absolute atomic E-state index is 12.4. The number of fused-ring (bicyclic) bond motifs is 1. The van der Waals surface area contributed by atoms with Gasteiger partial charge in [0.1, 0.15) is 5.75 Å². The summed E-state index contributed by atoms with van der Waals surface area (Å²) in [6.07, 6.45) is 2.46. The molecule has 27 heavy (non-hydrogen) atoms. The highest BCUT2D eigenvalue weighted by atomic mass is 16.5. The van der Waals surface area contributed by atoms with Crippen LogP contribution in [-0.2, 0) is 16.0 Å². The van der Waals surface area contributed by atoms with E-state index >= 15 is 0 Å².